The highest BCUT2D eigenvalue weighted by atomic mass is 32.2. The van der Waals surface area contributed by atoms with Crippen molar-refractivity contribution in [1.29, 1.82) is 0 Å². The molecule has 2 aliphatic rings. The van der Waals surface area contributed by atoms with Crippen LogP contribution in [0.15, 0.2) is 0 Å². The van der Waals surface area contributed by atoms with Gasteiger partial charge in [-0.25, -0.2) is 0 Å². The summed E-state index contributed by atoms with van der Waals surface area (Å²) in [6.07, 6.45) is 4.86. The lowest BCUT2D eigenvalue weighted by Crippen LogP contribution is -2.46. The van der Waals surface area contributed by atoms with Crippen LogP contribution in [0.1, 0.15) is 12.8 Å². The predicted molar refractivity (Wildman–Crippen MR) is 70.1 cm³/mol. The smallest absolute Gasteiger partial charge is 0.0491 e. The van der Waals surface area contributed by atoms with Crippen LogP contribution in [0.2, 0.25) is 0 Å². The van der Waals surface area contributed by atoms with Crippen LogP contribution in [0.5, 0.6) is 0 Å². The summed E-state index contributed by atoms with van der Waals surface area (Å²) in [7, 11) is 1.82. The van der Waals surface area contributed by atoms with Gasteiger partial charge in [0.2, 0.25) is 0 Å². The molecular formula is C12H24N2OS. The Bertz CT molecular complexity index is 207. The molecule has 2 atom stereocenters. The molecule has 0 amide bonds. The second-order valence-corrected chi connectivity index (χ2v) is 6.01. The standard InChI is InChI=1S/C12H24N2OS/c1-15-9-10-3-5-14(6-4-10)11-7-13-8-12(11)16-2/h10-13H,3-9H2,1-2H3. The molecule has 0 spiro atoms. The molecule has 2 heterocycles. The molecule has 3 nitrogen and oxygen atoms in total. The molecule has 2 saturated heterocycles. The van der Waals surface area contributed by atoms with Gasteiger partial charge in [0.15, 0.2) is 0 Å². The molecule has 0 aliphatic carbocycles. The first-order chi connectivity index (χ1) is 7.85. The third-order valence-corrected chi connectivity index (χ3v) is 5.04. The summed E-state index contributed by atoms with van der Waals surface area (Å²) in [5, 5.41) is 4.31. The lowest BCUT2D eigenvalue weighted by molar-refractivity contribution is 0.0846. The van der Waals surface area contributed by atoms with Gasteiger partial charge in [-0.05, 0) is 38.1 Å². The van der Waals surface area contributed by atoms with Gasteiger partial charge in [0.05, 0.1) is 0 Å². The number of methoxy groups -OCH3 is 1. The average molecular weight is 244 g/mol. The van der Waals surface area contributed by atoms with Gasteiger partial charge >= 0.3 is 0 Å². The van der Waals surface area contributed by atoms with E-state index in [0.717, 1.165) is 23.8 Å². The Balaban J connectivity index is 1.79. The summed E-state index contributed by atoms with van der Waals surface area (Å²) in [6, 6.07) is 0.762. The quantitative estimate of drug-likeness (QED) is 0.799. The van der Waals surface area contributed by atoms with Crippen molar-refractivity contribution in [3.8, 4) is 0 Å². The molecule has 2 fully saturated rings. The van der Waals surface area contributed by atoms with E-state index in [1.54, 1.807) is 0 Å². The Hall–Kier alpha value is 0.230. The van der Waals surface area contributed by atoms with Crippen LogP contribution in [0.3, 0.4) is 0 Å². The fourth-order valence-electron chi connectivity index (χ4n) is 2.93. The van der Waals surface area contributed by atoms with Crippen molar-refractivity contribution >= 4 is 11.8 Å². The summed E-state index contributed by atoms with van der Waals surface area (Å²) in [4.78, 5) is 2.69. The summed E-state index contributed by atoms with van der Waals surface area (Å²) in [5.74, 6) is 0.795. The van der Waals surface area contributed by atoms with Gasteiger partial charge < -0.3 is 10.1 Å². The van der Waals surface area contributed by atoms with Gasteiger partial charge in [-0.1, -0.05) is 0 Å². The first kappa shape index (κ1) is 12.7. The molecule has 0 aromatic rings. The van der Waals surface area contributed by atoms with Gasteiger partial charge in [0, 0.05) is 38.1 Å². The first-order valence-corrected chi connectivity index (χ1v) is 7.60. The number of rotatable bonds is 4. The van der Waals surface area contributed by atoms with E-state index in [-0.39, 0.29) is 0 Å². The minimum absolute atomic E-state index is 0.762. The lowest BCUT2D eigenvalue weighted by Gasteiger charge is -2.37. The van der Waals surface area contributed by atoms with Gasteiger partial charge in [-0.3, -0.25) is 4.90 Å². The number of hydrogen-bond donors (Lipinski definition) is 1. The predicted octanol–water partition coefficient (Wildman–Crippen LogP) is 1.05. The zero-order chi connectivity index (χ0) is 11.4. The minimum Gasteiger partial charge on any atom is -0.384 e. The van der Waals surface area contributed by atoms with Crippen LogP contribution in [0.4, 0.5) is 0 Å². The second kappa shape index (κ2) is 6.24. The molecule has 0 bridgehead atoms. The Kier molecular flexibility index (Phi) is 4.95. The molecular weight excluding hydrogens is 220 g/mol. The van der Waals surface area contributed by atoms with Crippen molar-refractivity contribution in [3.63, 3.8) is 0 Å². The average Bonchev–Trinajstić information content (AvgIpc) is 2.78. The van der Waals surface area contributed by atoms with Crippen LogP contribution in [0.25, 0.3) is 0 Å². The summed E-state index contributed by atoms with van der Waals surface area (Å²) in [6.45, 7) is 5.84. The van der Waals surface area contributed by atoms with Crippen molar-refractivity contribution in [2.45, 2.75) is 24.1 Å². The normalized spacial score (nSPS) is 33.4. The molecule has 0 aromatic carbocycles. The van der Waals surface area contributed by atoms with E-state index in [1.165, 1.54) is 39.0 Å². The molecule has 2 aliphatic heterocycles. The summed E-state index contributed by atoms with van der Waals surface area (Å²) >= 11 is 2.02. The highest BCUT2D eigenvalue weighted by Crippen LogP contribution is 2.25. The van der Waals surface area contributed by atoms with E-state index in [4.69, 9.17) is 4.74 Å². The number of nitrogens with one attached hydrogen (secondary N) is 1. The van der Waals surface area contributed by atoms with Gasteiger partial charge in [-0.15, -0.1) is 0 Å². The molecule has 94 valence electrons. The Labute approximate surface area is 103 Å². The molecule has 0 aromatic heterocycles. The number of nitrogens with zero attached hydrogens (tertiary/aromatic N) is 1. The SMILES string of the molecule is COCC1CCN(C2CNCC2SC)CC1. The number of hydrogen-bond acceptors (Lipinski definition) is 4. The monoisotopic (exact) mass is 244 g/mol. The second-order valence-electron chi connectivity index (χ2n) is 4.93. The van der Waals surface area contributed by atoms with E-state index in [1.807, 2.05) is 18.9 Å². The third kappa shape index (κ3) is 2.92. The molecule has 0 saturated carbocycles. The Morgan fingerprint density at radius 2 is 2.06 bits per heavy atom. The number of thioether (sulfide) groups is 1. The van der Waals surface area contributed by atoms with E-state index in [2.05, 4.69) is 16.5 Å². The third-order valence-electron chi connectivity index (χ3n) is 3.95. The highest BCUT2D eigenvalue weighted by Gasteiger charge is 2.33. The highest BCUT2D eigenvalue weighted by molar-refractivity contribution is 7.99. The first-order valence-electron chi connectivity index (χ1n) is 6.31. The van der Waals surface area contributed by atoms with E-state index < -0.39 is 0 Å². The Morgan fingerprint density at radius 1 is 1.31 bits per heavy atom. The molecule has 4 heteroatoms. The molecule has 1 N–H and O–H groups in total. The van der Waals surface area contributed by atoms with E-state index in [9.17, 15) is 0 Å². The van der Waals surface area contributed by atoms with Gasteiger partial charge in [-0.2, -0.15) is 11.8 Å². The maximum absolute atomic E-state index is 5.25. The van der Waals surface area contributed by atoms with Crippen molar-refractivity contribution in [2.24, 2.45) is 5.92 Å². The minimum atomic E-state index is 0.762. The molecule has 0 radical (unpaired) electrons. The zero-order valence-corrected chi connectivity index (χ0v) is 11.3. The van der Waals surface area contributed by atoms with Crippen LogP contribution in [0, 0.1) is 5.92 Å². The summed E-state index contributed by atoms with van der Waals surface area (Å²) in [5.41, 5.74) is 0. The molecule has 2 unspecified atom stereocenters. The van der Waals surface area contributed by atoms with Crippen molar-refractivity contribution in [3.05, 3.63) is 0 Å². The van der Waals surface area contributed by atoms with E-state index in [0.29, 0.717) is 0 Å². The molecule has 2 rings (SSSR count). The van der Waals surface area contributed by atoms with Gasteiger partial charge in [0.25, 0.3) is 0 Å². The molecule has 16 heavy (non-hydrogen) atoms. The van der Waals surface area contributed by atoms with Crippen molar-refractivity contribution in [1.82, 2.24) is 10.2 Å². The number of likely N-dealkylation sites (tertiary alicyclic amines) is 1. The maximum Gasteiger partial charge on any atom is 0.0491 e. The lowest BCUT2D eigenvalue weighted by atomic mass is 9.96. The fourth-order valence-corrected chi connectivity index (χ4v) is 3.80. The van der Waals surface area contributed by atoms with Gasteiger partial charge in [0.1, 0.15) is 0 Å². The van der Waals surface area contributed by atoms with Crippen LogP contribution in [-0.2, 0) is 4.74 Å². The Morgan fingerprint density at radius 3 is 2.69 bits per heavy atom. The van der Waals surface area contributed by atoms with Crippen LogP contribution >= 0.6 is 11.8 Å². The van der Waals surface area contributed by atoms with E-state index >= 15 is 0 Å². The number of ether oxygens (including phenoxy) is 1. The van der Waals surface area contributed by atoms with Crippen molar-refractivity contribution < 1.29 is 4.74 Å². The zero-order valence-electron chi connectivity index (χ0n) is 10.4. The van der Waals surface area contributed by atoms with Crippen LogP contribution < -0.4 is 5.32 Å². The maximum atomic E-state index is 5.25. The summed E-state index contributed by atoms with van der Waals surface area (Å²) < 4.78 is 5.25. The topological polar surface area (TPSA) is 24.5 Å². The van der Waals surface area contributed by atoms with Crippen molar-refractivity contribution in [2.75, 3.05) is 46.2 Å². The largest absolute Gasteiger partial charge is 0.384 e. The number of piperidine rings is 1. The van der Waals surface area contributed by atoms with Crippen LogP contribution in [-0.4, -0.2) is 62.3 Å². The fraction of sp³-hybridized carbons (Fsp3) is 1.00.